The van der Waals surface area contributed by atoms with Crippen molar-refractivity contribution in [2.24, 2.45) is 5.92 Å². The van der Waals surface area contributed by atoms with E-state index in [0.717, 1.165) is 0 Å². The Morgan fingerprint density at radius 2 is 1.86 bits per heavy atom. The second-order valence-electron chi connectivity index (χ2n) is 6.38. The van der Waals surface area contributed by atoms with E-state index in [2.05, 4.69) is 0 Å². The van der Waals surface area contributed by atoms with Crippen LogP contribution < -0.4 is 0 Å². The molecule has 1 unspecified atom stereocenters. The first kappa shape index (κ1) is 17.8. The molecule has 0 aliphatic carbocycles. The van der Waals surface area contributed by atoms with E-state index in [9.17, 15) is 14.7 Å². The minimum atomic E-state index is -0.704. The Kier molecular flexibility index (Phi) is 6.45. The molecule has 0 bridgehead atoms. The molecular weight excluding hydrogens is 274 g/mol. The van der Waals surface area contributed by atoms with Gasteiger partial charge in [-0.2, -0.15) is 0 Å². The SMILES string of the molecule is CCOC(=O)CC(O)C1CCN(C(=O)OC(C)(C)C)CC1. The van der Waals surface area contributed by atoms with Crippen LogP contribution in [-0.4, -0.2) is 53.5 Å². The van der Waals surface area contributed by atoms with E-state index in [1.807, 2.05) is 20.8 Å². The molecule has 0 aromatic heterocycles. The Labute approximate surface area is 126 Å². The number of nitrogens with zero attached hydrogens (tertiary/aromatic N) is 1. The molecule has 122 valence electrons. The summed E-state index contributed by atoms with van der Waals surface area (Å²) in [6.07, 6.45) is 0.329. The number of rotatable bonds is 4. The highest BCUT2D eigenvalue weighted by atomic mass is 16.6. The van der Waals surface area contributed by atoms with E-state index >= 15 is 0 Å². The van der Waals surface area contributed by atoms with Gasteiger partial charge < -0.3 is 19.5 Å². The van der Waals surface area contributed by atoms with E-state index < -0.39 is 11.7 Å². The molecule has 1 aliphatic heterocycles. The summed E-state index contributed by atoms with van der Waals surface area (Å²) in [4.78, 5) is 24.9. The molecule has 1 fully saturated rings. The highest BCUT2D eigenvalue weighted by molar-refractivity contribution is 5.70. The van der Waals surface area contributed by atoms with Gasteiger partial charge in [0.15, 0.2) is 0 Å². The molecule has 0 saturated carbocycles. The normalized spacial score (nSPS) is 18.2. The summed E-state index contributed by atoms with van der Waals surface area (Å²) in [6.45, 7) is 8.65. The molecule has 1 heterocycles. The first-order valence-electron chi connectivity index (χ1n) is 7.54. The van der Waals surface area contributed by atoms with Gasteiger partial charge in [-0.1, -0.05) is 0 Å². The van der Waals surface area contributed by atoms with Gasteiger partial charge in [0.2, 0.25) is 0 Å². The Morgan fingerprint density at radius 1 is 1.29 bits per heavy atom. The fraction of sp³-hybridized carbons (Fsp3) is 0.867. The smallest absolute Gasteiger partial charge is 0.410 e. The summed E-state index contributed by atoms with van der Waals surface area (Å²) in [5.41, 5.74) is -0.503. The largest absolute Gasteiger partial charge is 0.466 e. The third kappa shape index (κ3) is 6.33. The zero-order chi connectivity index (χ0) is 16.0. The fourth-order valence-corrected chi connectivity index (χ4v) is 2.35. The Morgan fingerprint density at radius 3 is 2.33 bits per heavy atom. The molecule has 1 aliphatic rings. The summed E-state index contributed by atoms with van der Waals surface area (Å²) >= 11 is 0. The lowest BCUT2D eigenvalue weighted by Crippen LogP contribution is -2.44. The van der Waals surface area contributed by atoms with Crippen LogP contribution in [0.1, 0.15) is 47.0 Å². The maximum Gasteiger partial charge on any atom is 0.410 e. The van der Waals surface area contributed by atoms with Gasteiger partial charge in [0.25, 0.3) is 0 Å². The molecule has 1 saturated heterocycles. The molecule has 0 radical (unpaired) electrons. The van der Waals surface area contributed by atoms with Crippen molar-refractivity contribution in [2.75, 3.05) is 19.7 Å². The molecule has 1 N–H and O–H groups in total. The number of piperidine rings is 1. The van der Waals surface area contributed by atoms with Gasteiger partial charge >= 0.3 is 12.1 Å². The van der Waals surface area contributed by atoms with Gasteiger partial charge in [-0.05, 0) is 46.5 Å². The number of esters is 1. The van der Waals surface area contributed by atoms with E-state index in [1.54, 1.807) is 11.8 Å². The van der Waals surface area contributed by atoms with Crippen LogP contribution >= 0.6 is 0 Å². The maximum absolute atomic E-state index is 11.9. The molecule has 1 amide bonds. The number of hydrogen-bond donors (Lipinski definition) is 1. The van der Waals surface area contributed by atoms with Gasteiger partial charge in [-0.3, -0.25) is 4.79 Å². The first-order chi connectivity index (χ1) is 9.73. The van der Waals surface area contributed by atoms with Gasteiger partial charge in [-0.25, -0.2) is 4.79 Å². The van der Waals surface area contributed by atoms with Crippen LogP contribution in [0.15, 0.2) is 0 Å². The Balaban J connectivity index is 2.38. The second-order valence-corrected chi connectivity index (χ2v) is 6.38. The lowest BCUT2D eigenvalue weighted by Gasteiger charge is -2.35. The number of hydrogen-bond acceptors (Lipinski definition) is 5. The topological polar surface area (TPSA) is 76.1 Å². The molecule has 21 heavy (non-hydrogen) atoms. The van der Waals surface area contributed by atoms with Crippen LogP contribution in [0.25, 0.3) is 0 Å². The number of likely N-dealkylation sites (tertiary alicyclic amines) is 1. The third-order valence-electron chi connectivity index (χ3n) is 3.42. The zero-order valence-corrected chi connectivity index (χ0v) is 13.4. The zero-order valence-electron chi connectivity index (χ0n) is 13.4. The monoisotopic (exact) mass is 301 g/mol. The summed E-state index contributed by atoms with van der Waals surface area (Å²) in [5.74, 6) is -0.354. The van der Waals surface area contributed by atoms with E-state index in [1.165, 1.54) is 0 Å². The first-order valence-corrected chi connectivity index (χ1v) is 7.54. The fourth-order valence-electron chi connectivity index (χ4n) is 2.35. The summed E-state index contributed by atoms with van der Waals surface area (Å²) in [7, 11) is 0. The summed E-state index contributed by atoms with van der Waals surface area (Å²) < 4.78 is 10.2. The molecular formula is C15H27NO5. The van der Waals surface area contributed by atoms with E-state index in [4.69, 9.17) is 9.47 Å². The maximum atomic E-state index is 11.9. The average Bonchev–Trinajstić information content (AvgIpc) is 2.37. The number of ether oxygens (including phenoxy) is 2. The van der Waals surface area contributed by atoms with Crippen molar-refractivity contribution in [2.45, 2.75) is 58.7 Å². The van der Waals surface area contributed by atoms with Crippen LogP contribution in [0.4, 0.5) is 4.79 Å². The predicted molar refractivity (Wildman–Crippen MR) is 77.8 cm³/mol. The molecule has 6 nitrogen and oxygen atoms in total. The minimum Gasteiger partial charge on any atom is -0.466 e. The minimum absolute atomic E-state index is 0.0188. The van der Waals surface area contributed by atoms with Crippen molar-refractivity contribution < 1.29 is 24.2 Å². The molecule has 0 spiro atoms. The second kappa shape index (κ2) is 7.64. The molecule has 1 rings (SSSR count). The Bertz CT molecular complexity index is 356. The Hall–Kier alpha value is -1.30. The van der Waals surface area contributed by atoms with Crippen LogP contribution in [0.2, 0.25) is 0 Å². The highest BCUT2D eigenvalue weighted by Gasteiger charge is 2.30. The van der Waals surface area contributed by atoms with Gasteiger partial charge in [-0.15, -0.1) is 0 Å². The number of aliphatic hydroxyl groups excluding tert-OH is 1. The van der Waals surface area contributed by atoms with E-state index in [-0.39, 0.29) is 24.4 Å². The number of carbonyl (C=O) groups is 2. The highest BCUT2D eigenvalue weighted by Crippen LogP contribution is 2.24. The number of carbonyl (C=O) groups excluding carboxylic acids is 2. The van der Waals surface area contributed by atoms with Crippen LogP contribution in [0.5, 0.6) is 0 Å². The quantitative estimate of drug-likeness (QED) is 0.803. The van der Waals surface area contributed by atoms with Crippen molar-refractivity contribution >= 4 is 12.1 Å². The van der Waals surface area contributed by atoms with Gasteiger partial charge in [0.1, 0.15) is 5.60 Å². The van der Waals surface area contributed by atoms with Crippen LogP contribution in [0.3, 0.4) is 0 Å². The molecule has 0 aromatic carbocycles. The average molecular weight is 301 g/mol. The van der Waals surface area contributed by atoms with Crippen LogP contribution in [-0.2, 0) is 14.3 Å². The van der Waals surface area contributed by atoms with Crippen molar-refractivity contribution in [1.29, 1.82) is 0 Å². The number of amides is 1. The standard InChI is InChI=1S/C15H27NO5/c1-5-20-13(18)10-12(17)11-6-8-16(9-7-11)14(19)21-15(2,3)4/h11-12,17H,5-10H2,1-4H3. The summed E-state index contributed by atoms with van der Waals surface area (Å²) in [6, 6.07) is 0. The predicted octanol–water partition coefficient (Wildman–Crippen LogP) is 1.95. The molecule has 0 aromatic rings. The summed E-state index contributed by atoms with van der Waals surface area (Å²) in [5, 5.41) is 10.0. The van der Waals surface area contributed by atoms with E-state index in [0.29, 0.717) is 32.5 Å². The lowest BCUT2D eigenvalue weighted by molar-refractivity contribution is -0.146. The van der Waals surface area contributed by atoms with Gasteiger partial charge in [0.05, 0.1) is 19.1 Å². The van der Waals surface area contributed by atoms with Crippen molar-refractivity contribution in [3.8, 4) is 0 Å². The third-order valence-corrected chi connectivity index (χ3v) is 3.42. The lowest BCUT2D eigenvalue weighted by atomic mass is 9.90. The van der Waals surface area contributed by atoms with Gasteiger partial charge in [0, 0.05) is 13.1 Å². The van der Waals surface area contributed by atoms with Crippen molar-refractivity contribution in [1.82, 2.24) is 4.90 Å². The number of aliphatic hydroxyl groups is 1. The van der Waals surface area contributed by atoms with Crippen molar-refractivity contribution in [3.63, 3.8) is 0 Å². The van der Waals surface area contributed by atoms with Crippen LogP contribution in [0, 0.1) is 5.92 Å². The molecule has 1 atom stereocenters. The van der Waals surface area contributed by atoms with Crippen molar-refractivity contribution in [3.05, 3.63) is 0 Å². The molecule has 6 heteroatoms.